The van der Waals surface area contributed by atoms with Crippen LogP contribution in [-0.4, -0.2) is 0 Å². The van der Waals surface area contributed by atoms with Crippen molar-refractivity contribution in [1.29, 1.82) is 5.26 Å². The number of benzene rings is 3. The zero-order valence-corrected chi connectivity index (χ0v) is 12.0. The summed E-state index contributed by atoms with van der Waals surface area (Å²) >= 11 is 6.16. The van der Waals surface area contributed by atoms with Crippen LogP contribution in [0.2, 0.25) is 5.02 Å². The molecule has 0 bridgehead atoms. The Kier molecular flexibility index (Phi) is 3.77. The molecule has 0 saturated heterocycles. The molecule has 3 rings (SSSR count). The summed E-state index contributed by atoms with van der Waals surface area (Å²) in [6, 6.07) is 23.3. The first-order valence-corrected chi connectivity index (χ1v) is 7.06. The lowest BCUT2D eigenvalue weighted by Crippen LogP contribution is -2.09. The summed E-state index contributed by atoms with van der Waals surface area (Å²) in [7, 11) is 0. The van der Waals surface area contributed by atoms with Gasteiger partial charge in [0.25, 0.3) is 0 Å². The number of nitrogens with zero attached hydrogens (tertiary/aromatic N) is 1. The quantitative estimate of drug-likeness (QED) is 0.723. The van der Waals surface area contributed by atoms with E-state index in [-0.39, 0.29) is 0 Å². The fourth-order valence-corrected chi connectivity index (χ4v) is 2.61. The van der Waals surface area contributed by atoms with E-state index in [9.17, 15) is 5.26 Å². The molecule has 0 saturated carbocycles. The van der Waals surface area contributed by atoms with Gasteiger partial charge in [-0.2, -0.15) is 5.26 Å². The average molecular weight is 293 g/mol. The van der Waals surface area contributed by atoms with Gasteiger partial charge in [-0.05, 0) is 28.5 Å². The summed E-state index contributed by atoms with van der Waals surface area (Å²) in [6.07, 6.45) is 0. The maximum atomic E-state index is 9.54. The fourth-order valence-electron chi connectivity index (χ4n) is 2.42. The SMILES string of the molecule is N#CC(Nc1ccccc1Cl)c1cccc2ccccc12. The van der Waals surface area contributed by atoms with Gasteiger partial charge in [0.1, 0.15) is 6.04 Å². The zero-order valence-electron chi connectivity index (χ0n) is 11.3. The molecule has 1 atom stereocenters. The summed E-state index contributed by atoms with van der Waals surface area (Å²) in [5, 5.41) is 15.6. The van der Waals surface area contributed by atoms with Gasteiger partial charge in [0, 0.05) is 0 Å². The molecule has 0 aliphatic rings. The Morgan fingerprint density at radius 2 is 1.62 bits per heavy atom. The maximum Gasteiger partial charge on any atom is 0.140 e. The molecule has 0 aliphatic carbocycles. The topological polar surface area (TPSA) is 35.8 Å². The van der Waals surface area contributed by atoms with Crippen molar-refractivity contribution < 1.29 is 0 Å². The Morgan fingerprint density at radius 1 is 0.905 bits per heavy atom. The van der Waals surface area contributed by atoms with Crippen molar-refractivity contribution in [2.75, 3.05) is 5.32 Å². The first kappa shape index (κ1) is 13.5. The van der Waals surface area contributed by atoms with Crippen molar-refractivity contribution in [3.05, 3.63) is 77.3 Å². The highest BCUT2D eigenvalue weighted by Gasteiger charge is 2.14. The number of rotatable bonds is 3. The predicted octanol–water partition coefficient (Wildman–Crippen LogP) is 5.17. The third-order valence-corrected chi connectivity index (χ3v) is 3.77. The van der Waals surface area contributed by atoms with Crippen LogP contribution in [-0.2, 0) is 0 Å². The summed E-state index contributed by atoms with van der Waals surface area (Å²) in [5.74, 6) is 0. The third-order valence-electron chi connectivity index (χ3n) is 3.44. The third kappa shape index (κ3) is 2.69. The molecule has 1 unspecified atom stereocenters. The van der Waals surface area contributed by atoms with Gasteiger partial charge in [-0.1, -0.05) is 66.2 Å². The second kappa shape index (κ2) is 5.87. The standard InChI is InChI=1S/C18H13ClN2/c19-16-10-3-4-11-17(16)21-18(12-20)15-9-5-7-13-6-1-2-8-14(13)15/h1-11,18,21H. The summed E-state index contributed by atoms with van der Waals surface area (Å²) in [4.78, 5) is 0. The Labute approximate surface area is 128 Å². The summed E-state index contributed by atoms with van der Waals surface area (Å²) < 4.78 is 0. The number of fused-ring (bicyclic) bond motifs is 1. The maximum absolute atomic E-state index is 9.54. The molecule has 21 heavy (non-hydrogen) atoms. The molecule has 0 aliphatic heterocycles. The van der Waals surface area contributed by atoms with E-state index < -0.39 is 6.04 Å². The van der Waals surface area contributed by atoms with Crippen LogP contribution in [0.15, 0.2) is 66.7 Å². The number of hydrogen-bond acceptors (Lipinski definition) is 2. The number of para-hydroxylation sites is 1. The van der Waals surface area contributed by atoms with Crippen molar-refractivity contribution in [3.8, 4) is 6.07 Å². The van der Waals surface area contributed by atoms with E-state index in [4.69, 9.17) is 11.6 Å². The Bertz CT molecular complexity index is 815. The van der Waals surface area contributed by atoms with Crippen LogP contribution in [0.25, 0.3) is 10.8 Å². The van der Waals surface area contributed by atoms with Crippen LogP contribution in [0, 0.1) is 11.3 Å². The largest absolute Gasteiger partial charge is 0.365 e. The van der Waals surface area contributed by atoms with Crippen molar-refractivity contribution >= 4 is 28.1 Å². The van der Waals surface area contributed by atoms with E-state index in [0.717, 1.165) is 22.0 Å². The minimum atomic E-state index is -0.448. The normalized spacial score (nSPS) is 11.8. The zero-order chi connectivity index (χ0) is 14.7. The molecule has 0 aromatic heterocycles. The van der Waals surface area contributed by atoms with Gasteiger partial charge in [0.2, 0.25) is 0 Å². The Hall–Kier alpha value is -2.50. The molecule has 0 fully saturated rings. The molecule has 0 spiro atoms. The average Bonchev–Trinajstić information content (AvgIpc) is 2.54. The molecule has 0 heterocycles. The van der Waals surface area contributed by atoms with E-state index >= 15 is 0 Å². The fraction of sp³-hybridized carbons (Fsp3) is 0.0556. The molecule has 2 nitrogen and oxygen atoms in total. The monoisotopic (exact) mass is 292 g/mol. The number of anilines is 1. The molecule has 0 radical (unpaired) electrons. The van der Waals surface area contributed by atoms with Gasteiger partial charge in [-0.15, -0.1) is 0 Å². The lowest BCUT2D eigenvalue weighted by molar-refractivity contribution is 1.01. The second-order valence-corrected chi connectivity index (χ2v) is 5.16. The highest BCUT2D eigenvalue weighted by atomic mass is 35.5. The first-order chi connectivity index (χ1) is 10.3. The molecule has 102 valence electrons. The van der Waals surface area contributed by atoms with Crippen LogP contribution >= 0.6 is 11.6 Å². The second-order valence-electron chi connectivity index (χ2n) is 4.75. The molecule has 1 N–H and O–H groups in total. The minimum absolute atomic E-state index is 0.448. The van der Waals surface area contributed by atoms with Crippen molar-refractivity contribution in [1.82, 2.24) is 0 Å². The van der Waals surface area contributed by atoms with Gasteiger partial charge >= 0.3 is 0 Å². The summed E-state index contributed by atoms with van der Waals surface area (Å²) in [6.45, 7) is 0. The molecule has 3 aromatic rings. The van der Waals surface area contributed by atoms with Crippen molar-refractivity contribution in [2.24, 2.45) is 0 Å². The van der Waals surface area contributed by atoms with E-state index in [0.29, 0.717) is 5.02 Å². The van der Waals surface area contributed by atoms with E-state index in [2.05, 4.69) is 11.4 Å². The number of hydrogen-bond donors (Lipinski definition) is 1. The Morgan fingerprint density at radius 3 is 2.43 bits per heavy atom. The molecular formula is C18H13ClN2. The van der Waals surface area contributed by atoms with E-state index in [1.54, 1.807) is 6.07 Å². The van der Waals surface area contributed by atoms with Crippen LogP contribution in [0.1, 0.15) is 11.6 Å². The van der Waals surface area contributed by atoms with Crippen LogP contribution in [0.3, 0.4) is 0 Å². The first-order valence-electron chi connectivity index (χ1n) is 6.68. The lowest BCUT2D eigenvalue weighted by Gasteiger charge is -2.16. The highest BCUT2D eigenvalue weighted by molar-refractivity contribution is 6.33. The van der Waals surface area contributed by atoms with Crippen LogP contribution in [0.4, 0.5) is 5.69 Å². The van der Waals surface area contributed by atoms with Gasteiger partial charge in [-0.3, -0.25) is 0 Å². The van der Waals surface area contributed by atoms with Crippen molar-refractivity contribution in [2.45, 2.75) is 6.04 Å². The van der Waals surface area contributed by atoms with Crippen LogP contribution in [0.5, 0.6) is 0 Å². The molecule has 3 aromatic carbocycles. The molecule has 0 amide bonds. The number of nitrogens with one attached hydrogen (secondary N) is 1. The predicted molar refractivity (Wildman–Crippen MR) is 87.4 cm³/mol. The van der Waals surface area contributed by atoms with Gasteiger partial charge in [-0.25, -0.2) is 0 Å². The molecule has 3 heteroatoms. The van der Waals surface area contributed by atoms with Crippen LogP contribution < -0.4 is 5.32 Å². The summed E-state index contributed by atoms with van der Waals surface area (Å²) in [5.41, 5.74) is 1.72. The minimum Gasteiger partial charge on any atom is -0.365 e. The van der Waals surface area contributed by atoms with Crippen molar-refractivity contribution in [3.63, 3.8) is 0 Å². The highest BCUT2D eigenvalue weighted by Crippen LogP contribution is 2.29. The van der Waals surface area contributed by atoms with Gasteiger partial charge < -0.3 is 5.32 Å². The number of halogens is 1. The van der Waals surface area contributed by atoms with E-state index in [1.807, 2.05) is 60.7 Å². The van der Waals surface area contributed by atoms with Gasteiger partial charge in [0.05, 0.1) is 16.8 Å². The smallest absolute Gasteiger partial charge is 0.140 e. The van der Waals surface area contributed by atoms with E-state index in [1.165, 1.54) is 0 Å². The van der Waals surface area contributed by atoms with Gasteiger partial charge in [0.15, 0.2) is 0 Å². The Balaban J connectivity index is 2.04. The lowest BCUT2D eigenvalue weighted by atomic mass is 9.99. The number of nitriles is 1. The molecular weight excluding hydrogens is 280 g/mol.